The second-order valence-corrected chi connectivity index (χ2v) is 3.74. The molecule has 7 nitrogen and oxygen atoms in total. The topological polar surface area (TPSA) is 113 Å². The summed E-state index contributed by atoms with van der Waals surface area (Å²) in [5, 5.41) is 25.3. The van der Waals surface area contributed by atoms with E-state index in [1.165, 1.54) is 6.92 Å². The van der Waals surface area contributed by atoms with E-state index in [9.17, 15) is 4.79 Å². The monoisotopic (exact) mass is 248 g/mol. The minimum absolute atomic E-state index is 0.0912. The van der Waals surface area contributed by atoms with Crippen molar-refractivity contribution in [2.24, 2.45) is 5.92 Å². The number of carbonyl (C=O) groups is 1. The lowest BCUT2D eigenvalue weighted by Crippen LogP contribution is -2.41. The third kappa shape index (κ3) is 2.16. The van der Waals surface area contributed by atoms with Gasteiger partial charge in [0.25, 0.3) is 0 Å². The van der Waals surface area contributed by atoms with Crippen LogP contribution in [0.25, 0.3) is 0 Å². The molecule has 18 heavy (non-hydrogen) atoms. The van der Waals surface area contributed by atoms with E-state index in [4.69, 9.17) is 19.7 Å². The maximum absolute atomic E-state index is 12.0. The van der Waals surface area contributed by atoms with Gasteiger partial charge in [-0.3, -0.25) is 4.79 Å². The third-order valence-corrected chi connectivity index (χ3v) is 2.51. The number of nitriles is 2. The normalized spacial score (nSPS) is 13.4. The fourth-order valence-electron chi connectivity index (χ4n) is 1.40. The Labute approximate surface area is 104 Å². The summed E-state index contributed by atoms with van der Waals surface area (Å²) >= 11 is 0. The zero-order chi connectivity index (χ0) is 13.8. The highest BCUT2D eigenvalue weighted by molar-refractivity contribution is 5.82. The molecule has 0 N–H and O–H groups in total. The molecule has 1 aromatic rings. The van der Waals surface area contributed by atoms with Gasteiger partial charge in [0, 0.05) is 6.92 Å². The maximum atomic E-state index is 12.0. The van der Waals surface area contributed by atoms with Crippen molar-refractivity contribution in [1.82, 2.24) is 10.2 Å². The van der Waals surface area contributed by atoms with Gasteiger partial charge in [0.2, 0.25) is 11.8 Å². The molecule has 0 saturated heterocycles. The van der Waals surface area contributed by atoms with Gasteiger partial charge in [0.15, 0.2) is 11.3 Å². The van der Waals surface area contributed by atoms with Crippen molar-refractivity contribution in [3.8, 4) is 12.1 Å². The van der Waals surface area contributed by atoms with E-state index < -0.39 is 17.3 Å². The molecule has 1 atom stereocenters. The van der Waals surface area contributed by atoms with E-state index >= 15 is 0 Å². The molecule has 0 spiro atoms. The molecule has 0 aliphatic rings. The van der Waals surface area contributed by atoms with E-state index in [1.54, 1.807) is 26.0 Å². The minimum Gasteiger partial charge on any atom is -0.465 e. The number of rotatable bonds is 4. The van der Waals surface area contributed by atoms with Crippen molar-refractivity contribution in [2.45, 2.75) is 26.2 Å². The molecule has 0 aromatic carbocycles. The summed E-state index contributed by atoms with van der Waals surface area (Å²) in [5.74, 6) is -1.85. The Bertz CT molecular complexity index is 511. The van der Waals surface area contributed by atoms with Crippen molar-refractivity contribution in [1.29, 1.82) is 10.5 Å². The van der Waals surface area contributed by atoms with E-state index in [2.05, 4.69) is 10.2 Å². The molecular weight excluding hydrogens is 236 g/mol. The summed E-state index contributed by atoms with van der Waals surface area (Å²) in [4.78, 5) is 12.0. The number of hydrogen-bond acceptors (Lipinski definition) is 7. The zero-order valence-electron chi connectivity index (χ0n) is 10.3. The Balaban J connectivity index is 3.31. The molecule has 0 amide bonds. The molecule has 0 aliphatic carbocycles. The molecule has 94 valence electrons. The standard InChI is InChI=1S/C11H12N4O3/c1-4-17-10(16)11(3,8(5-12)6-13)9-15-14-7(2)18-9/h8H,4H2,1-3H3/t11-/m0/s1. The molecule has 1 rings (SSSR count). The largest absolute Gasteiger partial charge is 0.465 e. The second-order valence-electron chi connectivity index (χ2n) is 3.74. The minimum atomic E-state index is -1.58. The number of carbonyl (C=O) groups excluding carboxylic acids is 1. The average Bonchev–Trinajstić information content (AvgIpc) is 2.77. The van der Waals surface area contributed by atoms with Gasteiger partial charge >= 0.3 is 5.97 Å². The molecule has 0 radical (unpaired) electrons. The predicted octanol–water partition coefficient (Wildman–Crippen LogP) is 0.862. The van der Waals surface area contributed by atoms with Crippen LogP contribution in [0.4, 0.5) is 0 Å². The van der Waals surface area contributed by atoms with E-state index in [-0.39, 0.29) is 18.4 Å². The van der Waals surface area contributed by atoms with Crippen molar-refractivity contribution in [2.75, 3.05) is 6.61 Å². The summed E-state index contributed by atoms with van der Waals surface area (Å²) in [6.07, 6.45) is 0. The van der Waals surface area contributed by atoms with Crippen LogP contribution in [-0.4, -0.2) is 22.8 Å². The van der Waals surface area contributed by atoms with Gasteiger partial charge in [0.05, 0.1) is 18.7 Å². The lowest BCUT2D eigenvalue weighted by molar-refractivity contribution is -0.151. The summed E-state index contributed by atoms with van der Waals surface area (Å²) in [6, 6.07) is 3.50. The van der Waals surface area contributed by atoms with Gasteiger partial charge in [-0.2, -0.15) is 10.5 Å². The lowest BCUT2D eigenvalue weighted by atomic mass is 9.78. The van der Waals surface area contributed by atoms with Gasteiger partial charge in [-0.15, -0.1) is 10.2 Å². The van der Waals surface area contributed by atoms with Gasteiger partial charge in [-0.05, 0) is 13.8 Å². The Morgan fingerprint density at radius 1 is 1.50 bits per heavy atom. The van der Waals surface area contributed by atoms with Crippen LogP contribution in [0.5, 0.6) is 0 Å². The van der Waals surface area contributed by atoms with Crippen LogP contribution < -0.4 is 0 Å². The first kappa shape index (κ1) is 13.7. The zero-order valence-corrected chi connectivity index (χ0v) is 10.3. The fourth-order valence-corrected chi connectivity index (χ4v) is 1.40. The number of ether oxygens (including phenoxy) is 1. The Kier molecular flexibility index (Phi) is 4.01. The van der Waals surface area contributed by atoms with E-state index in [0.29, 0.717) is 0 Å². The predicted molar refractivity (Wildman–Crippen MR) is 57.7 cm³/mol. The van der Waals surface area contributed by atoms with Crippen LogP contribution >= 0.6 is 0 Å². The molecule has 0 aliphatic heterocycles. The molecule has 0 fully saturated rings. The maximum Gasteiger partial charge on any atom is 0.323 e. The van der Waals surface area contributed by atoms with Gasteiger partial charge < -0.3 is 9.15 Å². The highest BCUT2D eigenvalue weighted by Crippen LogP contribution is 2.32. The van der Waals surface area contributed by atoms with Gasteiger partial charge in [0.1, 0.15) is 0 Å². The van der Waals surface area contributed by atoms with Crippen molar-refractivity contribution >= 4 is 5.97 Å². The molecule has 0 unspecified atom stereocenters. The Morgan fingerprint density at radius 3 is 2.50 bits per heavy atom. The van der Waals surface area contributed by atoms with Crippen molar-refractivity contribution in [3.63, 3.8) is 0 Å². The smallest absolute Gasteiger partial charge is 0.323 e. The first-order valence-corrected chi connectivity index (χ1v) is 5.27. The molecule has 7 heteroatoms. The van der Waals surface area contributed by atoms with Crippen LogP contribution in [0.1, 0.15) is 25.6 Å². The SMILES string of the molecule is CCOC(=O)[C@](C)(c1nnc(C)o1)C(C#N)C#N. The second kappa shape index (κ2) is 5.28. The van der Waals surface area contributed by atoms with Crippen molar-refractivity contribution < 1.29 is 13.9 Å². The first-order valence-electron chi connectivity index (χ1n) is 5.27. The first-order chi connectivity index (χ1) is 8.50. The van der Waals surface area contributed by atoms with Crippen LogP contribution in [-0.2, 0) is 14.9 Å². The summed E-state index contributed by atoms with van der Waals surface area (Å²) < 4.78 is 10.1. The number of nitrogens with zero attached hydrogens (tertiary/aromatic N) is 4. The number of esters is 1. The average molecular weight is 248 g/mol. The highest BCUT2D eigenvalue weighted by atomic mass is 16.5. The van der Waals surface area contributed by atoms with Gasteiger partial charge in [-0.25, -0.2) is 0 Å². The molecule has 1 aromatic heterocycles. The van der Waals surface area contributed by atoms with Gasteiger partial charge in [-0.1, -0.05) is 0 Å². The van der Waals surface area contributed by atoms with E-state index in [0.717, 1.165) is 0 Å². The Hall–Kier alpha value is -2.41. The van der Waals surface area contributed by atoms with Crippen molar-refractivity contribution in [3.05, 3.63) is 11.8 Å². The number of aryl methyl sites for hydroxylation is 1. The lowest BCUT2D eigenvalue weighted by Gasteiger charge is -2.23. The fraction of sp³-hybridized carbons (Fsp3) is 0.545. The third-order valence-electron chi connectivity index (χ3n) is 2.51. The molecular formula is C11H12N4O3. The van der Waals surface area contributed by atoms with Crippen LogP contribution in [0, 0.1) is 35.5 Å². The van der Waals surface area contributed by atoms with Crippen LogP contribution in [0.15, 0.2) is 4.42 Å². The molecule has 0 saturated carbocycles. The molecule has 0 bridgehead atoms. The Morgan fingerprint density at radius 2 is 2.11 bits per heavy atom. The molecule has 1 heterocycles. The van der Waals surface area contributed by atoms with E-state index in [1.807, 2.05) is 0 Å². The van der Waals surface area contributed by atoms with Crippen LogP contribution in [0.3, 0.4) is 0 Å². The number of aromatic nitrogens is 2. The van der Waals surface area contributed by atoms with Crippen LogP contribution in [0.2, 0.25) is 0 Å². The number of hydrogen-bond donors (Lipinski definition) is 0. The quantitative estimate of drug-likeness (QED) is 0.726. The summed E-state index contributed by atoms with van der Waals surface area (Å²) in [6.45, 7) is 4.70. The summed E-state index contributed by atoms with van der Waals surface area (Å²) in [5.41, 5.74) is -1.58. The summed E-state index contributed by atoms with van der Waals surface area (Å²) in [7, 11) is 0. The highest BCUT2D eigenvalue weighted by Gasteiger charge is 2.50.